The molecule has 0 saturated heterocycles. The fourth-order valence-electron chi connectivity index (χ4n) is 1.01. The number of hydrogen-bond donors (Lipinski definition) is 4. The van der Waals surface area contributed by atoms with Gasteiger partial charge in [-0.05, 0) is 25.7 Å². The van der Waals surface area contributed by atoms with Gasteiger partial charge >= 0.3 is 0 Å². The second-order valence-corrected chi connectivity index (χ2v) is 2.95. The molecule has 0 amide bonds. The summed E-state index contributed by atoms with van der Waals surface area (Å²) in [6.07, 6.45) is 1.78. The Hall–Kier alpha value is -0.160. The highest BCUT2D eigenvalue weighted by Gasteiger charge is 1.98. The largest absolute Gasteiger partial charge is 0.368 e. The van der Waals surface area contributed by atoms with Gasteiger partial charge in [-0.25, -0.2) is 0 Å². The van der Waals surface area contributed by atoms with Crippen LogP contribution in [0, 0.1) is 0 Å². The molecule has 0 aliphatic carbocycles. The van der Waals surface area contributed by atoms with Gasteiger partial charge in [-0.2, -0.15) is 0 Å². The highest BCUT2D eigenvalue weighted by Crippen LogP contribution is 2.07. The van der Waals surface area contributed by atoms with Crippen LogP contribution >= 0.6 is 0 Å². The molecule has 0 aliphatic heterocycles. The lowest BCUT2D eigenvalue weighted by Gasteiger charge is -2.04. The van der Waals surface area contributed by atoms with Crippen LogP contribution in [0.4, 0.5) is 0 Å². The molecule has 0 radical (unpaired) electrons. The number of hydrogen-bond acceptors (Lipinski definition) is 4. The lowest BCUT2D eigenvalue weighted by Crippen LogP contribution is -2.04. The summed E-state index contributed by atoms with van der Waals surface area (Å²) in [6, 6.07) is 0. The molecule has 74 valence electrons. The zero-order valence-corrected chi connectivity index (χ0v) is 7.19. The summed E-state index contributed by atoms with van der Waals surface area (Å²) in [5, 5.41) is 33.9. The smallest absolute Gasteiger partial charge is 0.151 e. The first-order chi connectivity index (χ1) is 5.63. The van der Waals surface area contributed by atoms with Crippen molar-refractivity contribution in [3.05, 3.63) is 0 Å². The summed E-state index contributed by atoms with van der Waals surface area (Å²) in [5.41, 5.74) is 0. The molecular formula is C8H18O4. The number of unbranched alkanes of at least 4 members (excludes halogenated alkanes) is 3. The van der Waals surface area contributed by atoms with Crippen molar-refractivity contribution in [1.29, 1.82) is 0 Å². The molecule has 4 heteroatoms. The Morgan fingerprint density at radius 1 is 0.583 bits per heavy atom. The van der Waals surface area contributed by atoms with Crippen LogP contribution in [0.2, 0.25) is 0 Å². The monoisotopic (exact) mass is 178 g/mol. The molecule has 4 N–H and O–H groups in total. The van der Waals surface area contributed by atoms with E-state index >= 15 is 0 Å². The van der Waals surface area contributed by atoms with E-state index in [4.69, 9.17) is 20.4 Å². The van der Waals surface area contributed by atoms with Gasteiger partial charge in [0.05, 0.1) is 0 Å². The van der Waals surface area contributed by atoms with Gasteiger partial charge in [-0.1, -0.05) is 12.8 Å². The van der Waals surface area contributed by atoms with Crippen molar-refractivity contribution in [3.63, 3.8) is 0 Å². The van der Waals surface area contributed by atoms with Gasteiger partial charge in [0.1, 0.15) is 0 Å². The molecular weight excluding hydrogens is 160 g/mol. The Bertz CT molecular complexity index is 81.1. The molecule has 0 fully saturated rings. The Labute approximate surface area is 72.5 Å². The van der Waals surface area contributed by atoms with E-state index in [1.54, 1.807) is 0 Å². The highest BCUT2D eigenvalue weighted by atomic mass is 16.5. The lowest BCUT2D eigenvalue weighted by atomic mass is 10.1. The zero-order chi connectivity index (χ0) is 9.40. The maximum atomic E-state index is 8.47. The maximum Gasteiger partial charge on any atom is 0.151 e. The van der Waals surface area contributed by atoms with Gasteiger partial charge in [0, 0.05) is 0 Å². The number of aliphatic hydroxyl groups excluding tert-OH is 2. The average molecular weight is 178 g/mol. The predicted octanol–water partition coefficient (Wildman–Crippen LogP) is -0.0516. The third-order valence-electron chi connectivity index (χ3n) is 1.67. The standard InChI is InChI=1S/C8H18O4/c9-7(10)5-3-1-2-4-6-8(11)12/h7-12H,1-6H2. The Kier molecular flexibility index (Phi) is 7.39. The molecule has 0 heterocycles. The van der Waals surface area contributed by atoms with Gasteiger partial charge in [-0.3, -0.25) is 0 Å². The van der Waals surface area contributed by atoms with Crippen LogP contribution < -0.4 is 0 Å². The predicted molar refractivity (Wildman–Crippen MR) is 44.2 cm³/mol. The Balaban J connectivity index is 2.91. The van der Waals surface area contributed by atoms with Gasteiger partial charge in [0.15, 0.2) is 12.6 Å². The Morgan fingerprint density at radius 2 is 0.917 bits per heavy atom. The fourth-order valence-corrected chi connectivity index (χ4v) is 1.01. The quantitative estimate of drug-likeness (QED) is 0.325. The van der Waals surface area contributed by atoms with Crippen molar-refractivity contribution < 1.29 is 20.4 Å². The van der Waals surface area contributed by atoms with E-state index in [2.05, 4.69) is 0 Å². The van der Waals surface area contributed by atoms with E-state index in [1.807, 2.05) is 0 Å². The lowest BCUT2D eigenvalue weighted by molar-refractivity contribution is -0.0497. The van der Waals surface area contributed by atoms with Crippen molar-refractivity contribution in [2.75, 3.05) is 0 Å². The molecule has 0 spiro atoms. The first-order valence-electron chi connectivity index (χ1n) is 4.35. The van der Waals surface area contributed by atoms with Gasteiger partial charge < -0.3 is 20.4 Å². The molecule has 0 aromatic carbocycles. The van der Waals surface area contributed by atoms with Crippen LogP contribution in [0.1, 0.15) is 38.5 Å². The molecule has 0 saturated carbocycles. The van der Waals surface area contributed by atoms with Crippen LogP contribution in [0.5, 0.6) is 0 Å². The van der Waals surface area contributed by atoms with Gasteiger partial charge in [0.2, 0.25) is 0 Å². The summed E-state index contributed by atoms with van der Waals surface area (Å²) in [7, 11) is 0. The van der Waals surface area contributed by atoms with Crippen LogP contribution in [0.15, 0.2) is 0 Å². The van der Waals surface area contributed by atoms with E-state index in [9.17, 15) is 0 Å². The topological polar surface area (TPSA) is 80.9 Å². The second kappa shape index (κ2) is 7.49. The summed E-state index contributed by atoms with van der Waals surface area (Å²) in [4.78, 5) is 0. The van der Waals surface area contributed by atoms with Crippen LogP contribution in [-0.2, 0) is 0 Å². The first kappa shape index (κ1) is 11.8. The zero-order valence-electron chi connectivity index (χ0n) is 7.19. The highest BCUT2D eigenvalue weighted by molar-refractivity contribution is 4.46. The van der Waals surface area contributed by atoms with Crippen LogP contribution in [-0.4, -0.2) is 33.0 Å². The van der Waals surface area contributed by atoms with Crippen molar-refractivity contribution in [3.8, 4) is 0 Å². The third-order valence-corrected chi connectivity index (χ3v) is 1.67. The fraction of sp³-hybridized carbons (Fsp3) is 1.00. The Morgan fingerprint density at radius 3 is 1.17 bits per heavy atom. The van der Waals surface area contributed by atoms with Gasteiger partial charge in [0.25, 0.3) is 0 Å². The molecule has 0 aromatic heterocycles. The average Bonchev–Trinajstić information content (AvgIpc) is 1.95. The molecule has 0 rings (SSSR count). The second-order valence-electron chi connectivity index (χ2n) is 2.95. The molecule has 0 aliphatic rings. The SMILES string of the molecule is OC(O)CCCCCCC(O)O. The molecule has 0 unspecified atom stereocenters. The van der Waals surface area contributed by atoms with Crippen molar-refractivity contribution in [2.24, 2.45) is 0 Å². The van der Waals surface area contributed by atoms with E-state index in [0.717, 1.165) is 25.7 Å². The maximum absolute atomic E-state index is 8.47. The molecule has 0 aromatic rings. The number of rotatable bonds is 7. The summed E-state index contributed by atoms with van der Waals surface area (Å²) < 4.78 is 0. The normalized spacial score (nSPS) is 11.5. The van der Waals surface area contributed by atoms with Crippen molar-refractivity contribution in [2.45, 2.75) is 51.1 Å². The third kappa shape index (κ3) is 9.84. The van der Waals surface area contributed by atoms with Crippen molar-refractivity contribution >= 4 is 0 Å². The summed E-state index contributed by atoms with van der Waals surface area (Å²) in [5.74, 6) is 0. The van der Waals surface area contributed by atoms with Crippen LogP contribution in [0.3, 0.4) is 0 Å². The number of aliphatic hydroxyl groups is 4. The summed E-state index contributed by atoms with van der Waals surface area (Å²) >= 11 is 0. The minimum Gasteiger partial charge on any atom is -0.368 e. The van der Waals surface area contributed by atoms with Crippen molar-refractivity contribution in [1.82, 2.24) is 0 Å². The first-order valence-corrected chi connectivity index (χ1v) is 4.35. The van der Waals surface area contributed by atoms with E-state index in [-0.39, 0.29) is 0 Å². The van der Waals surface area contributed by atoms with Crippen LogP contribution in [0.25, 0.3) is 0 Å². The summed E-state index contributed by atoms with van der Waals surface area (Å²) in [6.45, 7) is 0. The molecule has 12 heavy (non-hydrogen) atoms. The van der Waals surface area contributed by atoms with E-state index in [0.29, 0.717) is 12.8 Å². The van der Waals surface area contributed by atoms with Gasteiger partial charge in [-0.15, -0.1) is 0 Å². The van der Waals surface area contributed by atoms with E-state index in [1.165, 1.54) is 0 Å². The van der Waals surface area contributed by atoms with E-state index < -0.39 is 12.6 Å². The molecule has 4 nitrogen and oxygen atoms in total. The molecule has 0 atom stereocenters. The molecule has 0 bridgehead atoms. The minimum absolute atomic E-state index is 0.404. The minimum atomic E-state index is -1.20.